The van der Waals surface area contributed by atoms with E-state index in [4.69, 9.17) is 0 Å². The van der Waals surface area contributed by atoms with Gasteiger partial charge in [0.05, 0.1) is 0 Å². The Hall–Kier alpha value is -1.28. The molecule has 0 spiro atoms. The summed E-state index contributed by atoms with van der Waals surface area (Å²) in [6.45, 7) is 6.64. The quantitative estimate of drug-likeness (QED) is 0.744. The van der Waals surface area contributed by atoms with E-state index in [1.165, 1.54) is 33.3 Å². The van der Waals surface area contributed by atoms with Crippen LogP contribution in [-0.4, -0.2) is 13.1 Å². The van der Waals surface area contributed by atoms with Crippen molar-refractivity contribution in [3.05, 3.63) is 63.6 Å². The van der Waals surface area contributed by atoms with Gasteiger partial charge in [-0.25, -0.2) is 0 Å². The highest BCUT2D eigenvalue weighted by Gasteiger charge is 2.24. The molecular formula is C18H20BrN. The largest absolute Gasteiger partial charge is 0.371 e. The molecule has 1 aliphatic rings. The first-order valence-electron chi connectivity index (χ1n) is 7.20. The molecule has 1 saturated heterocycles. The van der Waals surface area contributed by atoms with Crippen molar-refractivity contribution in [1.82, 2.24) is 0 Å². The molecule has 1 nitrogen and oxygen atoms in total. The third kappa shape index (κ3) is 2.90. The van der Waals surface area contributed by atoms with E-state index in [1.54, 1.807) is 0 Å². The van der Waals surface area contributed by atoms with Crippen LogP contribution < -0.4 is 4.90 Å². The molecule has 0 bridgehead atoms. The van der Waals surface area contributed by atoms with Crippen LogP contribution in [0.1, 0.15) is 29.0 Å². The van der Waals surface area contributed by atoms with Crippen LogP contribution in [-0.2, 0) is 0 Å². The van der Waals surface area contributed by atoms with Crippen LogP contribution in [0.15, 0.2) is 46.9 Å². The number of benzene rings is 2. The maximum atomic E-state index is 3.57. The lowest BCUT2D eigenvalue weighted by atomic mass is 9.99. The van der Waals surface area contributed by atoms with Crippen LogP contribution in [0, 0.1) is 13.8 Å². The van der Waals surface area contributed by atoms with Crippen LogP contribution in [0.2, 0.25) is 0 Å². The lowest BCUT2D eigenvalue weighted by molar-refractivity contribution is 0.774. The number of hydrogen-bond acceptors (Lipinski definition) is 1. The zero-order valence-corrected chi connectivity index (χ0v) is 13.7. The molecule has 1 aliphatic heterocycles. The summed E-state index contributed by atoms with van der Waals surface area (Å²) in [5, 5.41) is 0. The molecule has 0 aliphatic carbocycles. The first-order chi connectivity index (χ1) is 9.61. The molecule has 0 amide bonds. The normalized spacial score (nSPS) is 18.6. The van der Waals surface area contributed by atoms with E-state index in [9.17, 15) is 0 Å². The van der Waals surface area contributed by atoms with E-state index in [0.717, 1.165) is 13.1 Å². The molecule has 0 aromatic heterocycles. The maximum Gasteiger partial charge on any atom is 0.0371 e. The Morgan fingerprint density at radius 2 is 1.80 bits per heavy atom. The van der Waals surface area contributed by atoms with Crippen molar-refractivity contribution in [3.8, 4) is 0 Å². The zero-order chi connectivity index (χ0) is 14.1. The smallest absolute Gasteiger partial charge is 0.0371 e. The lowest BCUT2D eigenvalue weighted by Gasteiger charge is -2.20. The van der Waals surface area contributed by atoms with Crippen molar-refractivity contribution in [1.29, 1.82) is 0 Å². The van der Waals surface area contributed by atoms with Gasteiger partial charge in [0.1, 0.15) is 0 Å². The molecule has 3 rings (SSSR count). The molecule has 104 valence electrons. The Morgan fingerprint density at radius 3 is 2.50 bits per heavy atom. The van der Waals surface area contributed by atoms with Gasteiger partial charge in [0.25, 0.3) is 0 Å². The summed E-state index contributed by atoms with van der Waals surface area (Å²) in [5.41, 5.74) is 5.53. The third-order valence-electron chi connectivity index (χ3n) is 4.08. The molecule has 2 aromatic rings. The summed E-state index contributed by atoms with van der Waals surface area (Å²) in [5.74, 6) is 0.647. The number of nitrogens with zero attached hydrogens (tertiary/aromatic N) is 1. The van der Waals surface area contributed by atoms with Gasteiger partial charge in [0.15, 0.2) is 0 Å². The van der Waals surface area contributed by atoms with Crippen LogP contribution in [0.25, 0.3) is 0 Å². The van der Waals surface area contributed by atoms with Gasteiger partial charge in [-0.3, -0.25) is 0 Å². The molecule has 1 fully saturated rings. The first kappa shape index (κ1) is 13.7. The second-order valence-electron chi connectivity index (χ2n) is 5.83. The van der Waals surface area contributed by atoms with Gasteiger partial charge in [-0.15, -0.1) is 0 Å². The predicted molar refractivity (Wildman–Crippen MR) is 89.6 cm³/mol. The third-order valence-corrected chi connectivity index (χ3v) is 4.57. The minimum absolute atomic E-state index is 0.647. The Labute approximate surface area is 129 Å². The van der Waals surface area contributed by atoms with Crippen molar-refractivity contribution >= 4 is 21.6 Å². The molecule has 2 heteroatoms. The summed E-state index contributed by atoms with van der Waals surface area (Å²) in [7, 11) is 0. The average Bonchev–Trinajstić information content (AvgIpc) is 2.87. The first-order valence-corrected chi connectivity index (χ1v) is 8.00. The molecule has 1 atom stereocenters. The van der Waals surface area contributed by atoms with E-state index >= 15 is 0 Å². The summed E-state index contributed by atoms with van der Waals surface area (Å²) in [4.78, 5) is 2.52. The van der Waals surface area contributed by atoms with E-state index < -0.39 is 0 Å². The Kier molecular flexibility index (Phi) is 3.84. The molecule has 0 N–H and O–H groups in total. The Morgan fingerprint density at radius 1 is 1.05 bits per heavy atom. The second kappa shape index (κ2) is 5.61. The van der Waals surface area contributed by atoms with Crippen molar-refractivity contribution in [2.75, 3.05) is 18.0 Å². The van der Waals surface area contributed by atoms with E-state index in [1.807, 2.05) is 0 Å². The number of halogens is 1. The fourth-order valence-electron chi connectivity index (χ4n) is 3.16. The average molecular weight is 330 g/mol. The maximum absolute atomic E-state index is 3.57. The van der Waals surface area contributed by atoms with Gasteiger partial charge >= 0.3 is 0 Å². The van der Waals surface area contributed by atoms with Gasteiger partial charge < -0.3 is 4.90 Å². The second-order valence-corrected chi connectivity index (χ2v) is 6.75. The topological polar surface area (TPSA) is 3.24 Å². The van der Waals surface area contributed by atoms with Crippen LogP contribution in [0.3, 0.4) is 0 Å². The van der Waals surface area contributed by atoms with Crippen molar-refractivity contribution in [2.45, 2.75) is 26.2 Å². The van der Waals surface area contributed by atoms with Crippen LogP contribution in [0.4, 0.5) is 5.69 Å². The molecule has 20 heavy (non-hydrogen) atoms. The Bertz CT molecular complexity index is 600. The molecule has 1 heterocycles. The van der Waals surface area contributed by atoms with Gasteiger partial charge in [0, 0.05) is 29.2 Å². The van der Waals surface area contributed by atoms with E-state index in [0.29, 0.717) is 5.92 Å². The summed E-state index contributed by atoms with van der Waals surface area (Å²) in [6, 6.07) is 15.6. The fourth-order valence-corrected chi connectivity index (χ4v) is 3.58. The van der Waals surface area contributed by atoms with Crippen molar-refractivity contribution < 1.29 is 0 Å². The zero-order valence-electron chi connectivity index (χ0n) is 12.1. The molecule has 0 radical (unpaired) electrons. The number of hydrogen-bond donors (Lipinski definition) is 0. The summed E-state index contributed by atoms with van der Waals surface area (Å²) >= 11 is 3.57. The van der Waals surface area contributed by atoms with Gasteiger partial charge in [-0.05, 0) is 61.2 Å². The number of rotatable bonds is 2. The molecule has 1 unspecified atom stereocenters. The fraction of sp³-hybridized carbons (Fsp3) is 0.333. The lowest BCUT2D eigenvalue weighted by Crippen LogP contribution is -2.19. The van der Waals surface area contributed by atoms with Crippen molar-refractivity contribution in [3.63, 3.8) is 0 Å². The van der Waals surface area contributed by atoms with Crippen LogP contribution in [0.5, 0.6) is 0 Å². The van der Waals surface area contributed by atoms with Gasteiger partial charge in [-0.1, -0.05) is 34.1 Å². The summed E-state index contributed by atoms with van der Waals surface area (Å²) < 4.78 is 1.18. The highest BCUT2D eigenvalue weighted by Crippen LogP contribution is 2.32. The van der Waals surface area contributed by atoms with Crippen molar-refractivity contribution in [2.24, 2.45) is 0 Å². The minimum Gasteiger partial charge on any atom is -0.371 e. The van der Waals surface area contributed by atoms with E-state index in [-0.39, 0.29) is 0 Å². The highest BCUT2D eigenvalue weighted by molar-refractivity contribution is 9.10. The monoisotopic (exact) mass is 329 g/mol. The number of aryl methyl sites for hydroxylation is 2. The van der Waals surface area contributed by atoms with Crippen LogP contribution >= 0.6 is 15.9 Å². The standard InChI is InChI=1S/C18H20BrN/c1-13-8-14(2)10-18(9-13)20-7-6-16(12-20)15-4-3-5-17(19)11-15/h3-5,8-11,16H,6-7,12H2,1-2H3. The highest BCUT2D eigenvalue weighted by atomic mass is 79.9. The molecular weight excluding hydrogens is 310 g/mol. The summed E-state index contributed by atoms with van der Waals surface area (Å²) in [6.07, 6.45) is 1.24. The van der Waals surface area contributed by atoms with Gasteiger partial charge in [0.2, 0.25) is 0 Å². The number of anilines is 1. The molecule has 0 saturated carbocycles. The predicted octanol–water partition coefficient (Wildman–Crippen LogP) is 5.06. The molecule has 2 aromatic carbocycles. The minimum atomic E-state index is 0.647. The Balaban J connectivity index is 1.79. The van der Waals surface area contributed by atoms with Gasteiger partial charge in [-0.2, -0.15) is 0 Å². The SMILES string of the molecule is Cc1cc(C)cc(N2CCC(c3cccc(Br)c3)C2)c1. The van der Waals surface area contributed by atoms with E-state index in [2.05, 4.69) is 77.1 Å².